The Bertz CT molecular complexity index is 753. The van der Waals surface area contributed by atoms with E-state index in [-0.39, 0.29) is 5.78 Å². The lowest BCUT2D eigenvalue weighted by Crippen LogP contribution is -2.01. The number of thiophene rings is 1. The smallest absolute Gasteiger partial charge is 0.168 e. The molecule has 3 rings (SSSR count). The summed E-state index contributed by atoms with van der Waals surface area (Å²) < 4.78 is 0. The maximum atomic E-state index is 12.3. The molecule has 2 aromatic carbocycles. The fourth-order valence-electron chi connectivity index (χ4n) is 2.67. The van der Waals surface area contributed by atoms with E-state index >= 15 is 0 Å². The van der Waals surface area contributed by atoms with Gasteiger partial charge < -0.3 is 0 Å². The van der Waals surface area contributed by atoms with Gasteiger partial charge in [-0.3, -0.25) is 4.79 Å². The third kappa shape index (κ3) is 3.96. The van der Waals surface area contributed by atoms with Crippen LogP contribution in [0.2, 0.25) is 0 Å². The van der Waals surface area contributed by atoms with Crippen molar-refractivity contribution in [2.75, 3.05) is 0 Å². The van der Waals surface area contributed by atoms with Gasteiger partial charge in [0, 0.05) is 16.9 Å². The van der Waals surface area contributed by atoms with Crippen LogP contribution in [-0.2, 0) is 12.8 Å². The minimum Gasteiger partial charge on any atom is -0.294 e. The number of rotatable bonds is 6. The SMILES string of the molecule is CCCc1ccc(-c2ccc(C(=O)Cc3cccs3)cc2)cc1. The molecular weight excluding hydrogens is 300 g/mol. The van der Waals surface area contributed by atoms with Gasteiger partial charge in [-0.05, 0) is 34.6 Å². The Balaban J connectivity index is 1.72. The topological polar surface area (TPSA) is 17.1 Å². The highest BCUT2D eigenvalue weighted by atomic mass is 32.1. The predicted molar refractivity (Wildman–Crippen MR) is 98.2 cm³/mol. The molecule has 0 aliphatic carbocycles. The Morgan fingerprint density at radius 3 is 2.13 bits per heavy atom. The molecule has 0 atom stereocenters. The number of ketones is 1. The molecule has 0 N–H and O–H groups in total. The third-order valence-electron chi connectivity index (χ3n) is 3.95. The van der Waals surface area contributed by atoms with Crippen molar-refractivity contribution in [1.82, 2.24) is 0 Å². The van der Waals surface area contributed by atoms with E-state index in [1.54, 1.807) is 11.3 Å². The molecular formula is C21H20OS. The molecule has 0 saturated heterocycles. The summed E-state index contributed by atoms with van der Waals surface area (Å²) in [6.07, 6.45) is 2.78. The van der Waals surface area contributed by atoms with E-state index in [4.69, 9.17) is 0 Å². The lowest BCUT2D eigenvalue weighted by molar-refractivity contribution is 0.0994. The zero-order valence-corrected chi connectivity index (χ0v) is 14.1. The van der Waals surface area contributed by atoms with Crippen LogP contribution in [0.5, 0.6) is 0 Å². The first-order chi connectivity index (χ1) is 11.3. The summed E-state index contributed by atoms with van der Waals surface area (Å²) >= 11 is 1.63. The molecule has 23 heavy (non-hydrogen) atoms. The molecule has 0 aliphatic rings. The van der Waals surface area contributed by atoms with E-state index in [2.05, 4.69) is 31.2 Å². The van der Waals surface area contributed by atoms with Crippen LogP contribution in [0.25, 0.3) is 11.1 Å². The van der Waals surface area contributed by atoms with Crippen molar-refractivity contribution >= 4 is 17.1 Å². The second kappa shape index (κ2) is 7.38. The van der Waals surface area contributed by atoms with Gasteiger partial charge in [0.05, 0.1) is 0 Å². The summed E-state index contributed by atoms with van der Waals surface area (Å²) in [6.45, 7) is 2.19. The molecule has 0 fully saturated rings. The molecule has 0 radical (unpaired) electrons. The number of carbonyl (C=O) groups excluding carboxylic acids is 1. The molecule has 0 bridgehead atoms. The molecule has 3 aromatic rings. The first-order valence-corrected chi connectivity index (χ1v) is 8.89. The largest absolute Gasteiger partial charge is 0.294 e. The standard InChI is InChI=1S/C21H20OS/c1-2-4-16-6-8-17(9-7-16)18-10-12-19(13-11-18)21(22)15-20-5-3-14-23-20/h3,5-14H,2,4,15H2,1H3. The summed E-state index contributed by atoms with van der Waals surface area (Å²) in [6, 6.07) is 20.6. The summed E-state index contributed by atoms with van der Waals surface area (Å²) in [4.78, 5) is 13.4. The van der Waals surface area contributed by atoms with Gasteiger partial charge in [0.25, 0.3) is 0 Å². The maximum absolute atomic E-state index is 12.3. The van der Waals surface area contributed by atoms with Gasteiger partial charge in [-0.2, -0.15) is 0 Å². The number of hydrogen-bond donors (Lipinski definition) is 0. The van der Waals surface area contributed by atoms with Crippen LogP contribution >= 0.6 is 11.3 Å². The summed E-state index contributed by atoms with van der Waals surface area (Å²) in [5.41, 5.74) is 4.51. The highest BCUT2D eigenvalue weighted by Gasteiger charge is 2.08. The second-order valence-corrected chi connectivity index (χ2v) is 6.74. The summed E-state index contributed by atoms with van der Waals surface area (Å²) in [5, 5.41) is 2.01. The van der Waals surface area contributed by atoms with Crippen LogP contribution in [0.1, 0.15) is 34.1 Å². The van der Waals surface area contributed by atoms with Crippen LogP contribution in [-0.4, -0.2) is 5.78 Å². The Kier molecular flexibility index (Phi) is 5.04. The monoisotopic (exact) mass is 320 g/mol. The summed E-state index contributed by atoms with van der Waals surface area (Å²) in [5.74, 6) is 0.178. The Morgan fingerprint density at radius 1 is 0.913 bits per heavy atom. The van der Waals surface area contributed by atoms with Crippen molar-refractivity contribution in [2.45, 2.75) is 26.2 Å². The maximum Gasteiger partial charge on any atom is 0.168 e. The number of hydrogen-bond acceptors (Lipinski definition) is 2. The molecule has 0 spiro atoms. The van der Waals surface area contributed by atoms with Crippen LogP contribution < -0.4 is 0 Å². The Morgan fingerprint density at radius 2 is 1.57 bits per heavy atom. The van der Waals surface area contributed by atoms with Crippen LogP contribution in [0.3, 0.4) is 0 Å². The van der Waals surface area contributed by atoms with Crippen LogP contribution in [0.4, 0.5) is 0 Å². The van der Waals surface area contributed by atoms with Crippen molar-refractivity contribution < 1.29 is 4.79 Å². The van der Waals surface area contributed by atoms with Crippen LogP contribution in [0, 0.1) is 0 Å². The average Bonchev–Trinajstić information content (AvgIpc) is 3.09. The molecule has 116 valence electrons. The van der Waals surface area contributed by atoms with Crippen molar-refractivity contribution in [3.63, 3.8) is 0 Å². The zero-order valence-electron chi connectivity index (χ0n) is 13.3. The first kappa shape index (κ1) is 15.7. The lowest BCUT2D eigenvalue weighted by atomic mass is 9.99. The number of Topliss-reactive ketones (excluding diaryl/α,β-unsaturated/α-hetero) is 1. The van der Waals surface area contributed by atoms with E-state index in [1.165, 1.54) is 17.5 Å². The van der Waals surface area contributed by atoms with E-state index in [0.29, 0.717) is 6.42 Å². The van der Waals surface area contributed by atoms with E-state index in [9.17, 15) is 4.79 Å². The van der Waals surface area contributed by atoms with Gasteiger partial charge in [0.15, 0.2) is 5.78 Å². The molecule has 1 nitrogen and oxygen atoms in total. The predicted octanol–water partition coefficient (Wildman–Crippen LogP) is 5.79. The first-order valence-electron chi connectivity index (χ1n) is 8.01. The van der Waals surface area contributed by atoms with Crippen molar-refractivity contribution in [3.05, 3.63) is 82.0 Å². The average molecular weight is 320 g/mol. The quantitative estimate of drug-likeness (QED) is 0.525. The molecule has 0 aliphatic heterocycles. The summed E-state index contributed by atoms with van der Waals surface area (Å²) in [7, 11) is 0. The minimum absolute atomic E-state index is 0.178. The number of aryl methyl sites for hydroxylation is 1. The fraction of sp³-hybridized carbons (Fsp3) is 0.190. The minimum atomic E-state index is 0.178. The molecule has 2 heteroatoms. The lowest BCUT2D eigenvalue weighted by Gasteiger charge is -2.05. The van der Waals surface area contributed by atoms with Gasteiger partial charge in [0.1, 0.15) is 0 Å². The zero-order chi connectivity index (χ0) is 16.1. The second-order valence-electron chi connectivity index (χ2n) is 5.70. The normalized spacial score (nSPS) is 10.7. The van der Waals surface area contributed by atoms with Gasteiger partial charge >= 0.3 is 0 Å². The third-order valence-corrected chi connectivity index (χ3v) is 4.82. The van der Waals surface area contributed by atoms with Gasteiger partial charge in [-0.25, -0.2) is 0 Å². The van der Waals surface area contributed by atoms with E-state index in [1.807, 2.05) is 41.8 Å². The van der Waals surface area contributed by atoms with Crippen LogP contribution in [0.15, 0.2) is 66.0 Å². The highest BCUT2D eigenvalue weighted by Crippen LogP contribution is 2.22. The van der Waals surface area contributed by atoms with Crippen molar-refractivity contribution in [3.8, 4) is 11.1 Å². The number of benzene rings is 2. The molecule has 1 aromatic heterocycles. The highest BCUT2D eigenvalue weighted by molar-refractivity contribution is 7.10. The molecule has 1 heterocycles. The van der Waals surface area contributed by atoms with E-state index in [0.717, 1.165) is 22.4 Å². The molecule has 0 unspecified atom stereocenters. The van der Waals surface area contributed by atoms with Crippen molar-refractivity contribution in [1.29, 1.82) is 0 Å². The van der Waals surface area contributed by atoms with Gasteiger partial charge in [-0.1, -0.05) is 67.9 Å². The van der Waals surface area contributed by atoms with Gasteiger partial charge in [0.2, 0.25) is 0 Å². The Labute approximate surface area is 141 Å². The fourth-order valence-corrected chi connectivity index (χ4v) is 3.38. The Hall–Kier alpha value is -2.19. The molecule has 0 amide bonds. The van der Waals surface area contributed by atoms with Crippen molar-refractivity contribution in [2.24, 2.45) is 0 Å². The molecule has 0 saturated carbocycles. The van der Waals surface area contributed by atoms with Gasteiger partial charge in [-0.15, -0.1) is 11.3 Å². The van der Waals surface area contributed by atoms with E-state index < -0.39 is 0 Å². The number of carbonyl (C=O) groups is 1.